The Balaban J connectivity index is 2.13. The van der Waals surface area contributed by atoms with Crippen molar-refractivity contribution in [3.8, 4) is 0 Å². The summed E-state index contributed by atoms with van der Waals surface area (Å²) in [6.45, 7) is 0. The van der Waals surface area contributed by atoms with Gasteiger partial charge in [0.15, 0.2) is 0 Å². The van der Waals surface area contributed by atoms with E-state index in [-0.39, 0.29) is 22.4 Å². The van der Waals surface area contributed by atoms with Gasteiger partial charge < -0.3 is 9.38 Å². The van der Waals surface area contributed by atoms with E-state index in [0.29, 0.717) is 16.1 Å². The average molecular weight is 340 g/mol. The van der Waals surface area contributed by atoms with E-state index in [9.17, 15) is 14.4 Å². The van der Waals surface area contributed by atoms with Crippen LogP contribution in [-0.4, -0.2) is 20.2 Å². The van der Waals surface area contributed by atoms with Gasteiger partial charge in [0.1, 0.15) is 5.69 Å². The SMILES string of the molecule is O=C(c1ccc(Cl)cc1)c1c2[nH]c(=O)[nH]c(=O)c2c2ccccn12. The molecule has 3 heterocycles. The normalized spacial score (nSPS) is 11.2. The largest absolute Gasteiger partial charge is 0.326 e. The van der Waals surface area contributed by atoms with Crippen LogP contribution in [0.15, 0.2) is 58.3 Å². The van der Waals surface area contributed by atoms with Crippen molar-refractivity contribution in [3.63, 3.8) is 0 Å². The molecule has 3 aromatic heterocycles. The smallest absolute Gasteiger partial charge is 0.311 e. The number of rotatable bonds is 2. The minimum absolute atomic E-state index is 0.218. The summed E-state index contributed by atoms with van der Waals surface area (Å²) in [5.41, 5.74) is 0.204. The molecule has 0 spiro atoms. The molecule has 0 aliphatic rings. The first-order chi connectivity index (χ1) is 11.6. The third-order valence-corrected chi connectivity index (χ3v) is 4.11. The van der Waals surface area contributed by atoms with Crippen molar-refractivity contribution in [1.82, 2.24) is 14.4 Å². The van der Waals surface area contributed by atoms with Crippen molar-refractivity contribution in [3.05, 3.63) is 85.8 Å². The number of fused-ring (bicyclic) bond motifs is 3. The lowest BCUT2D eigenvalue weighted by Gasteiger charge is -2.03. The van der Waals surface area contributed by atoms with Crippen LogP contribution >= 0.6 is 11.6 Å². The average Bonchev–Trinajstić information content (AvgIpc) is 2.89. The molecular weight excluding hydrogens is 330 g/mol. The number of nitrogens with one attached hydrogen (secondary N) is 2. The van der Waals surface area contributed by atoms with Gasteiger partial charge in [-0.3, -0.25) is 14.6 Å². The molecule has 0 aliphatic heterocycles. The molecule has 4 rings (SSSR count). The Morgan fingerprint density at radius 1 is 1.00 bits per heavy atom. The minimum atomic E-state index is -0.659. The number of hydrogen-bond donors (Lipinski definition) is 2. The number of nitrogens with zero attached hydrogens (tertiary/aromatic N) is 1. The van der Waals surface area contributed by atoms with Crippen molar-refractivity contribution in [2.24, 2.45) is 0 Å². The van der Waals surface area contributed by atoms with Crippen LogP contribution in [0.2, 0.25) is 5.02 Å². The van der Waals surface area contributed by atoms with Gasteiger partial charge in [-0.15, -0.1) is 0 Å². The molecule has 4 aromatic rings. The number of hydrogen-bond acceptors (Lipinski definition) is 3. The third kappa shape index (κ3) is 2.08. The van der Waals surface area contributed by atoms with E-state index in [1.54, 1.807) is 53.1 Å². The second-order valence-electron chi connectivity index (χ2n) is 5.30. The van der Waals surface area contributed by atoms with Crippen LogP contribution in [-0.2, 0) is 0 Å². The molecule has 1 aromatic carbocycles. The molecule has 0 saturated carbocycles. The Bertz CT molecular complexity index is 1220. The summed E-state index contributed by atoms with van der Waals surface area (Å²) in [5, 5.41) is 0.786. The zero-order chi connectivity index (χ0) is 16.8. The molecule has 0 saturated heterocycles. The molecule has 118 valence electrons. The van der Waals surface area contributed by atoms with Gasteiger partial charge in [-0.05, 0) is 36.4 Å². The highest BCUT2D eigenvalue weighted by Crippen LogP contribution is 2.24. The maximum Gasteiger partial charge on any atom is 0.326 e. The predicted molar refractivity (Wildman–Crippen MR) is 91.0 cm³/mol. The molecule has 0 atom stereocenters. The molecule has 7 heteroatoms. The number of aromatic nitrogens is 3. The zero-order valence-electron chi connectivity index (χ0n) is 12.2. The van der Waals surface area contributed by atoms with Crippen LogP contribution in [0.4, 0.5) is 0 Å². The first kappa shape index (κ1) is 14.5. The van der Waals surface area contributed by atoms with E-state index >= 15 is 0 Å². The summed E-state index contributed by atoms with van der Waals surface area (Å²) in [4.78, 5) is 41.6. The van der Waals surface area contributed by atoms with Gasteiger partial charge in [-0.1, -0.05) is 17.7 Å². The van der Waals surface area contributed by atoms with Gasteiger partial charge in [-0.25, -0.2) is 4.79 Å². The molecule has 0 bridgehead atoms. The van der Waals surface area contributed by atoms with Crippen LogP contribution in [0.1, 0.15) is 16.1 Å². The fourth-order valence-electron chi connectivity index (χ4n) is 2.83. The lowest BCUT2D eigenvalue weighted by molar-refractivity contribution is 0.103. The number of ketones is 1. The molecule has 6 nitrogen and oxygen atoms in total. The first-order valence-electron chi connectivity index (χ1n) is 7.12. The third-order valence-electron chi connectivity index (χ3n) is 3.86. The quantitative estimate of drug-likeness (QED) is 0.549. The number of aromatic amines is 2. The van der Waals surface area contributed by atoms with Crippen molar-refractivity contribution in [2.45, 2.75) is 0 Å². The van der Waals surface area contributed by atoms with Crippen LogP contribution in [0.5, 0.6) is 0 Å². The zero-order valence-corrected chi connectivity index (χ0v) is 12.9. The van der Waals surface area contributed by atoms with Crippen molar-refractivity contribution in [2.75, 3.05) is 0 Å². The fraction of sp³-hybridized carbons (Fsp3) is 0. The van der Waals surface area contributed by atoms with Crippen LogP contribution < -0.4 is 11.2 Å². The molecule has 0 radical (unpaired) electrons. The first-order valence-corrected chi connectivity index (χ1v) is 7.49. The molecule has 2 N–H and O–H groups in total. The molecule has 0 unspecified atom stereocenters. The summed E-state index contributed by atoms with van der Waals surface area (Å²) in [5.74, 6) is -0.316. The van der Waals surface area contributed by atoms with Crippen molar-refractivity contribution < 1.29 is 4.79 Å². The predicted octanol–water partition coefficient (Wildman–Crippen LogP) is 2.35. The number of carbonyl (C=O) groups is 1. The molecule has 0 fully saturated rings. The topological polar surface area (TPSA) is 87.2 Å². The summed E-state index contributed by atoms with van der Waals surface area (Å²) in [7, 11) is 0. The van der Waals surface area contributed by atoms with Crippen molar-refractivity contribution >= 4 is 33.8 Å². The van der Waals surface area contributed by atoms with E-state index < -0.39 is 11.2 Å². The van der Waals surface area contributed by atoms with Crippen molar-refractivity contribution in [1.29, 1.82) is 0 Å². The summed E-state index contributed by atoms with van der Waals surface area (Å²) in [6, 6.07) is 11.7. The van der Waals surface area contributed by atoms with E-state index in [0.717, 1.165) is 0 Å². The molecule has 0 amide bonds. The van der Waals surface area contributed by atoms with Crippen LogP contribution in [0.25, 0.3) is 16.4 Å². The highest BCUT2D eigenvalue weighted by molar-refractivity contribution is 6.30. The Morgan fingerprint density at radius 2 is 1.75 bits per heavy atom. The van der Waals surface area contributed by atoms with Gasteiger partial charge in [0.05, 0.1) is 16.4 Å². The van der Waals surface area contributed by atoms with E-state index in [1.165, 1.54) is 0 Å². The van der Waals surface area contributed by atoms with E-state index in [1.807, 2.05) is 0 Å². The second kappa shape index (κ2) is 5.21. The van der Waals surface area contributed by atoms with Crippen LogP contribution in [0.3, 0.4) is 0 Å². The van der Waals surface area contributed by atoms with Gasteiger partial charge >= 0.3 is 5.69 Å². The maximum absolute atomic E-state index is 13.0. The number of carbonyl (C=O) groups excluding carboxylic acids is 1. The van der Waals surface area contributed by atoms with Gasteiger partial charge in [0.25, 0.3) is 5.56 Å². The molecule has 24 heavy (non-hydrogen) atoms. The Labute approximate surface area is 139 Å². The number of H-pyrrole nitrogens is 2. The van der Waals surface area contributed by atoms with Gasteiger partial charge in [0, 0.05) is 16.8 Å². The van der Waals surface area contributed by atoms with Crippen LogP contribution in [0, 0.1) is 0 Å². The van der Waals surface area contributed by atoms with Gasteiger partial charge in [0.2, 0.25) is 5.78 Å². The number of benzene rings is 1. The molecular formula is C17H10ClN3O3. The monoisotopic (exact) mass is 339 g/mol. The van der Waals surface area contributed by atoms with E-state index in [4.69, 9.17) is 11.6 Å². The standard InChI is InChI=1S/C17H10ClN3O3/c18-10-6-4-9(5-7-10)15(22)14-13-12(16(23)20-17(24)19-13)11-3-1-2-8-21(11)14/h1-8H,(H2,19,20,23,24). The van der Waals surface area contributed by atoms with Gasteiger partial charge in [-0.2, -0.15) is 0 Å². The Kier molecular flexibility index (Phi) is 3.14. The maximum atomic E-state index is 13.0. The number of halogens is 1. The Morgan fingerprint density at radius 3 is 2.50 bits per heavy atom. The highest BCUT2D eigenvalue weighted by atomic mass is 35.5. The second-order valence-corrected chi connectivity index (χ2v) is 5.74. The van der Waals surface area contributed by atoms with E-state index in [2.05, 4.69) is 9.97 Å². The fourth-order valence-corrected chi connectivity index (χ4v) is 2.96. The molecule has 0 aliphatic carbocycles. The summed E-state index contributed by atoms with van der Waals surface area (Å²) < 4.78 is 1.60. The number of pyridine rings is 1. The highest BCUT2D eigenvalue weighted by Gasteiger charge is 2.22. The lowest BCUT2D eigenvalue weighted by Crippen LogP contribution is -2.21. The minimum Gasteiger partial charge on any atom is -0.311 e. The summed E-state index contributed by atoms with van der Waals surface area (Å²) >= 11 is 5.86. The summed E-state index contributed by atoms with van der Waals surface area (Å²) in [6.07, 6.45) is 1.68. The lowest BCUT2D eigenvalue weighted by atomic mass is 10.1. The Hall–Kier alpha value is -3.12.